The van der Waals surface area contributed by atoms with Gasteiger partial charge >= 0.3 is 5.97 Å². The Balaban J connectivity index is 1.68. The second kappa shape index (κ2) is 10.8. The van der Waals surface area contributed by atoms with E-state index in [9.17, 15) is 9.59 Å². The van der Waals surface area contributed by atoms with Crippen LogP contribution in [-0.4, -0.2) is 41.5 Å². The zero-order valence-corrected chi connectivity index (χ0v) is 18.8. The zero-order valence-electron chi connectivity index (χ0n) is 18.0. The maximum absolute atomic E-state index is 12.7. The van der Waals surface area contributed by atoms with Crippen molar-refractivity contribution < 1.29 is 14.3 Å². The van der Waals surface area contributed by atoms with Gasteiger partial charge in [0, 0.05) is 23.2 Å². The quantitative estimate of drug-likeness (QED) is 0.485. The molecule has 1 amide bonds. The molecule has 31 heavy (non-hydrogen) atoms. The number of carbonyl (C=O) groups excluding carboxylic acids is 2. The van der Waals surface area contributed by atoms with Gasteiger partial charge in [-0.1, -0.05) is 37.3 Å². The Hall–Kier alpha value is -3.03. The first-order chi connectivity index (χ1) is 15.0. The van der Waals surface area contributed by atoms with Crippen molar-refractivity contribution in [3.63, 3.8) is 0 Å². The molecule has 0 radical (unpaired) electrons. The van der Waals surface area contributed by atoms with Crippen LogP contribution in [0.5, 0.6) is 0 Å². The van der Waals surface area contributed by atoms with Crippen molar-refractivity contribution in [2.75, 3.05) is 19.0 Å². The molecule has 0 aliphatic heterocycles. The van der Waals surface area contributed by atoms with Crippen molar-refractivity contribution >= 4 is 28.9 Å². The van der Waals surface area contributed by atoms with Crippen LogP contribution < -0.4 is 5.32 Å². The fourth-order valence-electron chi connectivity index (χ4n) is 3.22. The normalized spacial score (nSPS) is 11.9. The van der Waals surface area contributed by atoms with Gasteiger partial charge in [-0.15, -0.1) is 11.3 Å². The molecule has 7 heteroatoms. The summed E-state index contributed by atoms with van der Waals surface area (Å²) in [4.78, 5) is 31.2. The molecule has 1 atom stereocenters. The molecule has 3 aromatic rings. The van der Waals surface area contributed by atoms with Crippen LogP contribution in [0.1, 0.15) is 36.3 Å². The number of rotatable bonds is 9. The number of nitrogens with zero attached hydrogens (tertiary/aromatic N) is 2. The molecule has 0 saturated carbocycles. The van der Waals surface area contributed by atoms with Gasteiger partial charge in [-0.25, -0.2) is 9.78 Å². The molecule has 0 saturated heterocycles. The van der Waals surface area contributed by atoms with E-state index in [1.165, 1.54) is 7.11 Å². The van der Waals surface area contributed by atoms with E-state index < -0.39 is 0 Å². The summed E-state index contributed by atoms with van der Waals surface area (Å²) in [6.07, 6.45) is 0.939. The van der Waals surface area contributed by atoms with Gasteiger partial charge in [-0.2, -0.15) is 0 Å². The number of esters is 1. The molecule has 3 rings (SSSR count). The van der Waals surface area contributed by atoms with Gasteiger partial charge in [0.25, 0.3) is 0 Å². The van der Waals surface area contributed by atoms with Gasteiger partial charge < -0.3 is 10.1 Å². The number of aromatic nitrogens is 1. The van der Waals surface area contributed by atoms with Crippen LogP contribution in [0.15, 0.2) is 60.0 Å². The average molecular weight is 438 g/mol. The Morgan fingerprint density at radius 1 is 1.13 bits per heavy atom. The summed E-state index contributed by atoms with van der Waals surface area (Å²) in [5, 5.41) is 5.88. The molecule has 0 aliphatic carbocycles. The van der Waals surface area contributed by atoms with Crippen LogP contribution >= 0.6 is 11.3 Å². The number of hydrogen-bond donors (Lipinski definition) is 1. The number of hydrogen-bond acceptors (Lipinski definition) is 6. The monoisotopic (exact) mass is 437 g/mol. The lowest BCUT2D eigenvalue weighted by Crippen LogP contribution is -2.42. The number of thiazole rings is 1. The number of carbonyl (C=O) groups is 2. The smallest absolute Gasteiger partial charge is 0.337 e. The highest BCUT2D eigenvalue weighted by atomic mass is 32.1. The third kappa shape index (κ3) is 5.99. The molecule has 162 valence electrons. The Morgan fingerprint density at radius 3 is 2.48 bits per heavy atom. The van der Waals surface area contributed by atoms with Crippen LogP contribution in [0.3, 0.4) is 0 Å². The fraction of sp³-hybridized carbons (Fsp3) is 0.292. The summed E-state index contributed by atoms with van der Waals surface area (Å²) in [5.74, 6) is -0.391. The van der Waals surface area contributed by atoms with Gasteiger partial charge in [0.2, 0.25) is 5.91 Å². The molecule has 1 aromatic heterocycles. The summed E-state index contributed by atoms with van der Waals surface area (Å²) < 4.78 is 4.74. The Kier molecular flexibility index (Phi) is 7.92. The molecule has 1 unspecified atom stereocenters. The number of amides is 1. The van der Waals surface area contributed by atoms with E-state index in [0.717, 1.165) is 34.9 Å². The first kappa shape index (κ1) is 22.7. The van der Waals surface area contributed by atoms with E-state index in [-0.39, 0.29) is 17.9 Å². The summed E-state index contributed by atoms with van der Waals surface area (Å²) >= 11 is 1.55. The summed E-state index contributed by atoms with van der Waals surface area (Å²) in [7, 11) is 1.37. The maximum Gasteiger partial charge on any atom is 0.337 e. The lowest BCUT2D eigenvalue weighted by molar-refractivity contribution is -0.121. The average Bonchev–Trinajstić information content (AvgIpc) is 3.27. The van der Waals surface area contributed by atoms with Crippen molar-refractivity contribution in [3.05, 3.63) is 71.2 Å². The minimum Gasteiger partial charge on any atom is -0.465 e. The van der Waals surface area contributed by atoms with Crippen LogP contribution in [0.25, 0.3) is 10.6 Å². The molecule has 0 fully saturated rings. The molecule has 0 bridgehead atoms. The van der Waals surface area contributed by atoms with Crippen LogP contribution in [-0.2, 0) is 16.1 Å². The van der Waals surface area contributed by atoms with Crippen molar-refractivity contribution in [2.45, 2.75) is 32.9 Å². The first-order valence-corrected chi connectivity index (χ1v) is 11.1. The maximum atomic E-state index is 12.7. The summed E-state index contributed by atoms with van der Waals surface area (Å²) in [6.45, 7) is 5.41. The number of nitrogens with one attached hydrogen (secondary N) is 1. The topological polar surface area (TPSA) is 71.5 Å². The van der Waals surface area contributed by atoms with Gasteiger partial charge in [0.15, 0.2) is 0 Å². The molecular weight excluding hydrogens is 410 g/mol. The third-order valence-electron chi connectivity index (χ3n) is 4.95. The lowest BCUT2D eigenvalue weighted by Gasteiger charge is -2.27. The van der Waals surface area contributed by atoms with Crippen LogP contribution in [0.2, 0.25) is 0 Å². The van der Waals surface area contributed by atoms with Gasteiger partial charge in [0.05, 0.1) is 24.4 Å². The minimum atomic E-state index is -0.357. The number of ether oxygens (including phenoxy) is 1. The molecule has 1 N–H and O–H groups in total. The van der Waals surface area contributed by atoms with Crippen LogP contribution in [0.4, 0.5) is 5.69 Å². The Bertz CT molecular complexity index is 1000. The van der Waals surface area contributed by atoms with Crippen LogP contribution in [0, 0.1) is 0 Å². The van der Waals surface area contributed by atoms with Crippen molar-refractivity contribution in [3.8, 4) is 10.6 Å². The van der Waals surface area contributed by atoms with Gasteiger partial charge in [-0.3, -0.25) is 9.69 Å². The molecule has 2 aromatic carbocycles. The molecule has 0 aliphatic rings. The minimum absolute atomic E-state index is 0.0338. The third-order valence-corrected chi connectivity index (χ3v) is 5.89. The zero-order chi connectivity index (χ0) is 22.2. The number of benzene rings is 2. The van der Waals surface area contributed by atoms with Gasteiger partial charge in [-0.05, 0) is 44.2 Å². The second-order valence-corrected chi connectivity index (χ2v) is 8.07. The van der Waals surface area contributed by atoms with Gasteiger partial charge in [0.1, 0.15) is 5.01 Å². The fourth-order valence-corrected chi connectivity index (χ4v) is 4.03. The number of methoxy groups -OCH3 is 1. The van der Waals surface area contributed by atoms with E-state index in [1.807, 2.05) is 54.8 Å². The standard InChI is InChI=1S/C24H27N3O3S/c1-4-14-27(17(2)22(28)25-20-8-6-5-7-9-20)15-21-16-31-23(26-21)18-10-12-19(13-11-18)24(29)30-3/h5-13,16-17H,4,14-15H2,1-3H3,(H,25,28). The van der Waals surface area contributed by atoms with Crippen molar-refractivity contribution in [1.29, 1.82) is 0 Å². The van der Waals surface area contributed by atoms with E-state index in [0.29, 0.717) is 12.1 Å². The molecule has 1 heterocycles. The number of anilines is 1. The largest absolute Gasteiger partial charge is 0.465 e. The highest BCUT2D eigenvalue weighted by Crippen LogP contribution is 2.25. The van der Waals surface area contributed by atoms with E-state index >= 15 is 0 Å². The molecule has 0 spiro atoms. The molecular formula is C24H27N3O3S. The Labute approximate surface area is 186 Å². The predicted octanol–water partition coefficient (Wildman–Crippen LogP) is 4.84. The predicted molar refractivity (Wildman–Crippen MR) is 124 cm³/mol. The lowest BCUT2D eigenvalue weighted by atomic mass is 10.1. The first-order valence-electron chi connectivity index (χ1n) is 10.2. The van der Waals surface area contributed by atoms with E-state index in [4.69, 9.17) is 9.72 Å². The summed E-state index contributed by atoms with van der Waals surface area (Å²) in [5.41, 5.74) is 3.17. The van der Waals surface area contributed by atoms with E-state index in [2.05, 4.69) is 17.1 Å². The highest BCUT2D eigenvalue weighted by Gasteiger charge is 2.22. The highest BCUT2D eigenvalue weighted by molar-refractivity contribution is 7.13. The van der Waals surface area contributed by atoms with Crippen molar-refractivity contribution in [2.24, 2.45) is 0 Å². The Morgan fingerprint density at radius 2 is 1.84 bits per heavy atom. The number of para-hydroxylation sites is 1. The SMILES string of the molecule is CCCN(Cc1csc(-c2ccc(C(=O)OC)cc2)n1)C(C)C(=O)Nc1ccccc1. The van der Waals surface area contributed by atoms with Crippen molar-refractivity contribution in [1.82, 2.24) is 9.88 Å². The second-order valence-electron chi connectivity index (χ2n) is 7.21. The summed E-state index contributed by atoms with van der Waals surface area (Å²) in [6, 6.07) is 16.4. The van der Waals surface area contributed by atoms with E-state index in [1.54, 1.807) is 23.5 Å². The molecule has 6 nitrogen and oxygen atoms in total.